The molecule has 3 aromatic rings. The SMILES string of the molecule is C[C@H]1CCCCN1C(=O)c1ccc(NCCC(=O)c2cc3ccccc3o2)cc1. The number of para-hydroxylation sites is 1. The number of carbonyl (C=O) groups is 2. The van der Waals surface area contributed by atoms with Crippen LogP contribution in [0.4, 0.5) is 5.69 Å². The summed E-state index contributed by atoms with van der Waals surface area (Å²) in [5, 5.41) is 4.18. The predicted molar refractivity (Wildman–Crippen MR) is 114 cm³/mol. The molecular formula is C24H26N2O3. The molecule has 2 heterocycles. The Labute approximate surface area is 170 Å². The third kappa shape index (κ3) is 4.34. The van der Waals surface area contributed by atoms with E-state index in [9.17, 15) is 9.59 Å². The fourth-order valence-electron chi connectivity index (χ4n) is 3.86. The van der Waals surface area contributed by atoms with Crippen LogP contribution in [0.5, 0.6) is 0 Å². The molecule has 150 valence electrons. The fourth-order valence-corrected chi connectivity index (χ4v) is 3.86. The van der Waals surface area contributed by atoms with Gasteiger partial charge in [-0.25, -0.2) is 0 Å². The average Bonchev–Trinajstić information content (AvgIpc) is 3.18. The van der Waals surface area contributed by atoms with Crippen LogP contribution in [-0.2, 0) is 0 Å². The molecule has 0 radical (unpaired) electrons. The minimum absolute atomic E-state index is 0.0282. The molecule has 0 saturated carbocycles. The Hall–Kier alpha value is -3.08. The van der Waals surface area contributed by atoms with Gasteiger partial charge in [0.1, 0.15) is 5.58 Å². The normalized spacial score (nSPS) is 16.7. The molecule has 1 aliphatic rings. The van der Waals surface area contributed by atoms with E-state index in [2.05, 4.69) is 12.2 Å². The Morgan fingerprint density at radius 1 is 1.10 bits per heavy atom. The third-order valence-electron chi connectivity index (χ3n) is 5.58. The number of Topliss-reactive ketones (excluding diaryl/α,β-unsaturated/α-hetero) is 1. The monoisotopic (exact) mass is 390 g/mol. The van der Waals surface area contributed by atoms with Gasteiger partial charge in [-0.15, -0.1) is 0 Å². The van der Waals surface area contributed by atoms with Crippen LogP contribution in [0.15, 0.2) is 59.0 Å². The highest BCUT2D eigenvalue weighted by molar-refractivity contribution is 5.98. The molecular weight excluding hydrogens is 364 g/mol. The molecule has 4 rings (SSSR count). The van der Waals surface area contributed by atoms with Crippen molar-refractivity contribution in [2.45, 2.75) is 38.6 Å². The molecule has 5 nitrogen and oxygen atoms in total. The molecule has 1 saturated heterocycles. The van der Waals surface area contributed by atoms with Crippen molar-refractivity contribution < 1.29 is 14.0 Å². The number of fused-ring (bicyclic) bond motifs is 1. The van der Waals surface area contributed by atoms with Crippen LogP contribution in [0.25, 0.3) is 11.0 Å². The number of nitrogens with zero attached hydrogens (tertiary/aromatic N) is 1. The van der Waals surface area contributed by atoms with Crippen molar-refractivity contribution in [1.29, 1.82) is 0 Å². The van der Waals surface area contributed by atoms with E-state index in [1.54, 1.807) is 6.07 Å². The van der Waals surface area contributed by atoms with Gasteiger partial charge in [-0.05, 0) is 62.6 Å². The second-order valence-corrected chi connectivity index (χ2v) is 7.67. The summed E-state index contributed by atoms with van der Waals surface area (Å²) in [5.41, 5.74) is 2.33. The number of carbonyl (C=O) groups excluding carboxylic acids is 2. The lowest BCUT2D eigenvalue weighted by Crippen LogP contribution is -2.41. The lowest BCUT2D eigenvalue weighted by atomic mass is 10.0. The van der Waals surface area contributed by atoms with Crippen LogP contribution in [0.2, 0.25) is 0 Å². The summed E-state index contributed by atoms with van der Waals surface area (Å²) in [7, 11) is 0. The van der Waals surface area contributed by atoms with Gasteiger partial charge in [0.25, 0.3) is 5.91 Å². The van der Waals surface area contributed by atoms with Gasteiger partial charge in [-0.3, -0.25) is 9.59 Å². The highest BCUT2D eigenvalue weighted by atomic mass is 16.3. The first kappa shape index (κ1) is 19.2. The second kappa shape index (κ2) is 8.52. The molecule has 1 atom stereocenters. The smallest absolute Gasteiger partial charge is 0.254 e. The molecule has 2 aromatic carbocycles. The highest BCUT2D eigenvalue weighted by Crippen LogP contribution is 2.21. The lowest BCUT2D eigenvalue weighted by Gasteiger charge is -2.33. The Morgan fingerprint density at radius 2 is 1.90 bits per heavy atom. The number of likely N-dealkylation sites (tertiary alicyclic amines) is 1. The summed E-state index contributed by atoms with van der Waals surface area (Å²) in [4.78, 5) is 27.0. The zero-order valence-electron chi connectivity index (χ0n) is 16.7. The van der Waals surface area contributed by atoms with Gasteiger partial charge in [0.2, 0.25) is 0 Å². The summed E-state index contributed by atoms with van der Waals surface area (Å²) in [5.74, 6) is 0.466. The number of hydrogen-bond acceptors (Lipinski definition) is 4. The molecule has 1 aromatic heterocycles. The van der Waals surface area contributed by atoms with Gasteiger partial charge in [-0.2, -0.15) is 0 Å². The standard InChI is InChI=1S/C24H26N2O3/c1-17-6-4-5-15-26(17)24(28)18-9-11-20(12-10-18)25-14-13-21(27)23-16-19-7-2-3-8-22(19)29-23/h2-3,7-12,16-17,25H,4-6,13-15H2,1H3/t17-/m0/s1. The van der Waals surface area contributed by atoms with E-state index < -0.39 is 0 Å². The van der Waals surface area contributed by atoms with Crippen LogP contribution in [0, 0.1) is 0 Å². The van der Waals surface area contributed by atoms with Gasteiger partial charge in [0, 0.05) is 42.2 Å². The minimum atomic E-state index is -0.0282. The fraction of sp³-hybridized carbons (Fsp3) is 0.333. The van der Waals surface area contributed by atoms with Crippen molar-refractivity contribution in [1.82, 2.24) is 4.90 Å². The van der Waals surface area contributed by atoms with Crippen molar-refractivity contribution in [3.63, 3.8) is 0 Å². The maximum atomic E-state index is 12.7. The molecule has 5 heteroatoms. The quantitative estimate of drug-likeness (QED) is 0.593. The lowest BCUT2D eigenvalue weighted by molar-refractivity contribution is 0.0635. The van der Waals surface area contributed by atoms with Gasteiger partial charge in [0.15, 0.2) is 11.5 Å². The molecule has 1 aliphatic heterocycles. The zero-order valence-corrected chi connectivity index (χ0v) is 16.7. The van der Waals surface area contributed by atoms with E-state index in [1.165, 1.54) is 6.42 Å². The van der Waals surface area contributed by atoms with E-state index in [1.807, 2.05) is 53.4 Å². The largest absolute Gasteiger partial charge is 0.453 e. The summed E-state index contributed by atoms with van der Waals surface area (Å²) in [6, 6.07) is 17.2. The van der Waals surface area contributed by atoms with Crippen molar-refractivity contribution >= 4 is 28.3 Å². The first-order chi connectivity index (χ1) is 14.1. The molecule has 0 bridgehead atoms. The van der Waals surface area contributed by atoms with E-state index in [-0.39, 0.29) is 11.7 Å². The van der Waals surface area contributed by atoms with E-state index in [4.69, 9.17) is 4.42 Å². The molecule has 0 spiro atoms. The number of anilines is 1. The van der Waals surface area contributed by atoms with Crippen LogP contribution in [0.1, 0.15) is 53.5 Å². The number of nitrogens with one attached hydrogen (secondary N) is 1. The number of benzene rings is 2. The zero-order chi connectivity index (χ0) is 20.2. The summed E-state index contributed by atoms with van der Waals surface area (Å²) in [6.45, 7) is 3.46. The maximum absolute atomic E-state index is 12.7. The van der Waals surface area contributed by atoms with Crippen LogP contribution < -0.4 is 5.32 Å². The predicted octanol–water partition coefficient (Wildman–Crippen LogP) is 5.13. The van der Waals surface area contributed by atoms with Crippen molar-refractivity contribution in [3.05, 3.63) is 65.9 Å². The Balaban J connectivity index is 1.31. The van der Waals surface area contributed by atoms with Crippen molar-refractivity contribution in [2.24, 2.45) is 0 Å². The topological polar surface area (TPSA) is 62.6 Å². The molecule has 0 aliphatic carbocycles. The summed E-state index contributed by atoms with van der Waals surface area (Å²) >= 11 is 0. The van der Waals surface area contributed by atoms with Gasteiger partial charge in [-0.1, -0.05) is 18.2 Å². The van der Waals surface area contributed by atoms with Crippen molar-refractivity contribution in [2.75, 3.05) is 18.4 Å². The van der Waals surface area contributed by atoms with E-state index in [0.29, 0.717) is 30.3 Å². The van der Waals surface area contributed by atoms with E-state index >= 15 is 0 Å². The molecule has 1 N–H and O–H groups in total. The Kier molecular flexibility index (Phi) is 5.65. The number of amides is 1. The maximum Gasteiger partial charge on any atom is 0.254 e. The molecule has 1 fully saturated rings. The van der Waals surface area contributed by atoms with Crippen LogP contribution in [-0.4, -0.2) is 35.7 Å². The number of furan rings is 1. The Bertz CT molecular complexity index is 973. The molecule has 29 heavy (non-hydrogen) atoms. The van der Waals surface area contributed by atoms with Crippen LogP contribution >= 0.6 is 0 Å². The first-order valence-corrected chi connectivity index (χ1v) is 10.3. The number of ketones is 1. The number of rotatable bonds is 6. The summed E-state index contributed by atoms with van der Waals surface area (Å²) in [6.07, 6.45) is 3.69. The van der Waals surface area contributed by atoms with Crippen molar-refractivity contribution in [3.8, 4) is 0 Å². The van der Waals surface area contributed by atoms with Crippen LogP contribution in [0.3, 0.4) is 0 Å². The average molecular weight is 390 g/mol. The van der Waals surface area contributed by atoms with Gasteiger partial charge >= 0.3 is 0 Å². The first-order valence-electron chi connectivity index (χ1n) is 10.3. The minimum Gasteiger partial charge on any atom is -0.453 e. The molecule has 1 amide bonds. The number of piperidine rings is 1. The number of hydrogen-bond donors (Lipinski definition) is 1. The van der Waals surface area contributed by atoms with E-state index in [0.717, 1.165) is 36.0 Å². The van der Waals surface area contributed by atoms with Gasteiger partial charge in [0.05, 0.1) is 0 Å². The summed E-state index contributed by atoms with van der Waals surface area (Å²) < 4.78 is 5.62. The Morgan fingerprint density at radius 3 is 2.66 bits per heavy atom. The highest BCUT2D eigenvalue weighted by Gasteiger charge is 2.24. The van der Waals surface area contributed by atoms with Gasteiger partial charge < -0.3 is 14.6 Å². The molecule has 0 unspecified atom stereocenters. The third-order valence-corrected chi connectivity index (χ3v) is 5.58. The second-order valence-electron chi connectivity index (χ2n) is 7.67.